The molecule has 1 saturated carbocycles. The van der Waals surface area contributed by atoms with Crippen molar-refractivity contribution < 1.29 is 42.0 Å². The first kappa shape index (κ1) is 47.6. The zero-order valence-corrected chi connectivity index (χ0v) is 39.9. The molecule has 4 amide bonds. The molecule has 0 radical (unpaired) electrons. The second kappa shape index (κ2) is 21.0. The zero-order chi connectivity index (χ0) is 47.5. The largest absolute Gasteiger partial charge is 0.489 e. The Labute approximate surface area is 399 Å². The van der Waals surface area contributed by atoms with E-state index in [0.29, 0.717) is 42.3 Å². The van der Waals surface area contributed by atoms with E-state index in [1.54, 1.807) is 58.3 Å². The molecule has 0 bridgehead atoms. The molecule has 1 unspecified atom stereocenters. The molecule has 9 rings (SSSR count). The molecule has 6 heterocycles. The van der Waals surface area contributed by atoms with Crippen LogP contribution in [0.1, 0.15) is 101 Å². The minimum Gasteiger partial charge on any atom is -0.489 e. The summed E-state index contributed by atoms with van der Waals surface area (Å²) in [5, 5.41) is 12.2. The van der Waals surface area contributed by atoms with Crippen molar-refractivity contribution in [3.63, 3.8) is 0 Å². The van der Waals surface area contributed by atoms with Crippen molar-refractivity contribution in [3.8, 4) is 11.6 Å². The summed E-state index contributed by atoms with van der Waals surface area (Å²) in [5.74, 6) is -1.92. The van der Waals surface area contributed by atoms with Gasteiger partial charge in [0.15, 0.2) is 17.4 Å². The molecule has 3 aromatic heterocycles. The monoisotopic (exact) mass is 956 g/mol. The van der Waals surface area contributed by atoms with Crippen molar-refractivity contribution in [1.82, 2.24) is 40.4 Å². The number of likely N-dealkylation sites (N-methyl/N-ethyl adjacent to an activating group) is 1. The summed E-state index contributed by atoms with van der Waals surface area (Å²) in [7, 11) is 1.70. The highest BCUT2D eigenvalue weighted by atomic mass is 32.1. The number of fused-ring (bicyclic) bond motifs is 2. The third-order valence-corrected chi connectivity index (χ3v) is 15.6. The van der Waals surface area contributed by atoms with E-state index in [4.69, 9.17) is 14.0 Å². The fourth-order valence-electron chi connectivity index (χ4n) is 10.7. The number of rotatable bonds is 15. The van der Waals surface area contributed by atoms with Crippen LogP contribution in [0.3, 0.4) is 0 Å². The summed E-state index contributed by atoms with van der Waals surface area (Å²) in [6.45, 7) is 7.29. The van der Waals surface area contributed by atoms with Crippen molar-refractivity contribution >= 4 is 51.3 Å². The Balaban J connectivity index is 0.799. The van der Waals surface area contributed by atoms with Crippen molar-refractivity contribution in [2.45, 2.75) is 121 Å². The predicted molar refractivity (Wildman–Crippen MR) is 252 cm³/mol. The summed E-state index contributed by atoms with van der Waals surface area (Å²) in [4.78, 5) is 67.9. The quantitative estimate of drug-likeness (QED) is 0.138. The number of thiophene rings is 1. The van der Waals surface area contributed by atoms with Gasteiger partial charge in [0.25, 0.3) is 11.8 Å². The van der Waals surface area contributed by atoms with Gasteiger partial charge in [-0.2, -0.15) is 0 Å². The number of hydrogen-bond donors (Lipinski definition) is 2. The lowest BCUT2D eigenvalue weighted by Crippen LogP contribution is -2.61. The number of aromatic nitrogens is 2. The normalized spacial score (nSPS) is 22.5. The Hall–Kier alpha value is -5.46. The van der Waals surface area contributed by atoms with Gasteiger partial charge in [-0.05, 0) is 117 Å². The standard InChI is InChI=1S/C50H62F2N8O7S/c1-30-27-58(50(64)46(32-8-5-4-6-9-32)55-48(62)31(2)53-3)19-20-59(30)49(63)39-22-33-23-40(51)41(52)25-37(33)38(39)26-45(61)60-16-7-10-34(60)29-65-44-24-36(67-56-44)28-57-17-12-35(13-18-57)66-43-11-15-54-42-14-21-68-47(42)43/h11,14-15,21-25,30-32,34-35,38,46,53H,4-10,12-13,16-20,26-29H2,1-3H3,(H,55,62)/t30-,31-,34-,38?,46-/m0/s1. The van der Waals surface area contributed by atoms with E-state index < -0.39 is 35.7 Å². The molecule has 2 aliphatic carbocycles. The minimum absolute atomic E-state index is 0.0281. The molecule has 1 aromatic carbocycles. The van der Waals surface area contributed by atoms with Crippen LogP contribution in [0.15, 0.2) is 52.0 Å². The summed E-state index contributed by atoms with van der Waals surface area (Å²) in [5.41, 5.74) is 1.98. The van der Waals surface area contributed by atoms with Crippen molar-refractivity contribution in [1.29, 1.82) is 0 Å². The summed E-state index contributed by atoms with van der Waals surface area (Å²) < 4.78 is 48.7. The van der Waals surface area contributed by atoms with Crippen LogP contribution in [0.25, 0.3) is 16.3 Å². The molecule has 3 saturated heterocycles. The molecule has 5 atom stereocenters. The molecule has 4 fully saturated rings. The van der Waals surface area contributed by atoms with Gasteiger partial charge in [0, 0.05) is 75.5 Å². The van der Waals surface area contributed by atoms with Gasteiger partial charge in [-0.25, -0.2) is 8.78 Å². The second-order valence-corrected chi connectivity index (χ2v) is 20.1. The number of piperazine rings is 1. The van der Waals surface area contributed by atoms with Crippen LogP contribution in [0, 0.1) is 17.6 Å². The average Bonchev–Trinajstić information content (AvgIpc) is 4.19. The van der Waals surface area contributed by atoms with Crippen molar-refractivity contribution in [2.75, 3.05) is 52.9 Å². The van der Waals surface area contributed by atoms with Crippen LogP contribution in [0.2, 0.25) is 0 Å². The highest BCUT2D eigenvalue weighted by Gasteiger charge is 2.42. The lowest BCUT2D eigenvalue weighted by molar-refractivity contribution is -0.144. The number of pyridine rings is 1. The fraction of sp³-hybridized carbons (Fsp3) is 0.560. The van der Waals surface area contributed by atoms with E-state index in [0.717, 1.165) is 92.6 Å². The number of carbonyl (C=O) groups is 4. The molecule has 0 spiro atoms. The number of nitrogens with one attached hydrogen (secondary N) is 2. The molecule has 2 N–H and O–H groups in total. The van der Waals surface area contributed by atoms with E-state index in [9.17, 15) is 28.0 Å². The molecular formula is C50H62F2N8O7S. The number of hydrogen-bond acceptors (Lipinski definition) is 12. The number of amides is 4. The first-order chi connectivity index (χ1) is 32.9. The van der Waals surface area contributed by atoms with E-state index in [1.165, 1.54) is 0 Å². The highest BCUT2D eigenvalue weighted by molar-refractivity contribution is 7.17. The van der Waals surface area contributed by atoms with Crippen LogP contribution < -0.4 is 20.1 Å². The average molecular weight is 957 g/mol. The van der Waals surface area contributed by atoms with Gasteiger partial charge in [0.2, 0.25) is 17.7 Å². The Morgan fingerprint density at radius 3 is 2.51 bits per heavy atom. The van der Waals surface area contributed by atoms with Gasteiger partial charge in [0.05, 0.1) is 28.8 Å². The predicted octanol–water partition coefficient (Wildman–Crippen LogP) is 6.28. The minimum atomic E-state index is -1.05. The summed E-state index contributed by atoms with van der Waals surface area (Å²) >= 11 is 1.63. The molecule has 364 valence electrons. The van der Waals surface area contributed by atoms with Crippen molar-refractivity contribution in [2.24, 2.45) is 5.92 Å². The second-order valence-electron chi connectivity index (χ2n) is 19.1. The molecule has 68 heavy (non-hydrogen) atoms. The lowest BCUT2D eigenvalue weighted by atomic mass is 9.83. The molecule has 4 aromatic rings. The van der Waals surface area contributed by atoms with Crippen LogP contribution >= 0.6 is 11.3 Å². The number of benzene rings is 1. The maximum Gasteiger partial charge on any atom is 0.254 e. The molecule has 18 heteroatoms. The third kappa shape index (κ3) is 10.4. The van der Waals surface area contributed by atoms with Gasteiger partial charge < -0.3 is 39.3 Å². The maximum atomic E-state index is 14.9. The van der Waals surface area contributed by atoms with Crippen LogP contribution in [0.5, 0.6) is 11.6 Å². The number of nitrogens with zero attached hydrogens (tertiary/aromatic N) is 6. The first-order valence-electron chi connectivity index (χ1n) is 24.3. The van der Waals surface area contributed by atoms with Gasteiger partial charge in [-0.1, -0.05) is 19.3 Å². The smallest absolute Gasteiger partial charge is 0.254 e. The van der Waals surface area contributed by atoms with Gasteiger partial charge in [-0.3, -0.25) is 29.1 Å². The zero-order valence-electron chi connectivity index (χ0n) is 39.1. The van der Waals surface area contributed by atoms with Crippen LogP contribution in [0.4, 0.5) is 8.78 Å². The molecule has 5 aliphatic rings. The first-order valence-corrected chi connectivity index (χ1v) is 25.2. The Bertz CT molecular complexity index is 2500. The lowest BCUT2D eigenvalue weighted by Gasteiger charge is -2.43. The van der Waals surface area contributed by atoms with Crippen LogP contribution in [-0.2, 0) is 25.7 Å². The Morgan fingerprint density at radius 2 is 1.74 bits per heavy atom. The third-order valence-electron chi connectivity index (χ3n) is 14.7. The summed E-state index contributed by atoms with van der Waals surface area (Å²) in [6.07, 6.45) is 11.4. The van der Waals surface area contributed by atoms with Gasteiger partial charge in [0.1, 0.15) is 24.5 Å². The van der Waals surface area contributed by atoms with E-state index in [2.05, 4.69) is 25.7 Å². The highest BCUT2D eigenvalue weighted by Crippen LogP contribution is 2.42. The topological polar surface area (TPSA) is 163 Å². The number of carbonyl (C=O) groups excluding carboxylic acids is 4. The molecular weight excluding hydrogens is 895 g/mol. The van der Waals surface area contributed by atoms with Crippen LogP contribution in [-0.4, -0.2) is 137 Å². The van der Waals surface area contributed by atoms with E-state index in [1.807, 2.05) is 24.4 Å². The van der Waals surface area contributed by atoms with E-state index >= 15 is 0 Å². The number of ether oxygens (including phenoxy) is 2. The summed E-state index contributed by atoms with van der Waals surface area (Å²) in [6, 6.07) is 6.10. The van der Waals surface area contributed by atoms with Gasteiger partial charge in [-0.15, -0.1) is 11.3 Å². The Morgan fingerprint density at radius 1 is 0.941 bits per heavy atom. The van der Waals surface area contributed by atoms with E-state index in [-0.39, 0.29) is 79.9 Å². The number of likely N-dealkylation sites (tertiary alicyclic amines) is 2. The molecule has 3 aliphatic heterocycles. The number of piperidine rings is 1. The maximum absolute atomic E-state index is 14.9. The van der Waals surface area contributed by atoms with Gasteiger partial charge >= 0.3 is 0 Å². The fourth-order valence-corrected chi connectivity index (χ4v) is 11.5. The van der Waals surface area contributed by atoms with Crippen molar-refractivity contribution in [3.05, 3.63) is 76.0 Å². The Kier molecular flexibility index (Phi) is 14.7. The SMILES string of the molecule is CN[C@@H](C)C(=O)N[C@H](C(=O)N1CCN(C(=O)C2=Cc3cc(F)c(F)cc3C2CC(=O)N2CCC[C@H]2COc2cc(CN3CCC(Oc4ccnc5ccsc45)CC3)on2)[C@@H](C)C1)C1CCCCC1. The molecule has 15 nitrogen and oxygen atoms in total. The number of halogens is 2.